The Kier molecular flexibility index (Phi) is 3.84. The molecule has 0 aliphatic carbocycles. The molecule has 1 saturated heterocycles. The number of carbonyl (C=O) groups is 1. The lowest BCUT2D eigenvalue weighted by molar-refractivity contribution is 0.0751. The zero-order chi connectivity index (χ0) is 14.8. The highest BCUT2D eigenvalue weighted by atomic mass is 32.1. The third-order valence-electron chi connectivity index (χ3n) is 3.75. The Hall–Kier alpha value is -2.01. The second-order valence-corrected chi connectivity index (χ2v) is 6.57. The van der Waals surface area contributed by atoms with E-state index in [-0.39, 0.29) is 5.91 Å². The van der Waals surface area contributed by atoms with Crippen LogP contribution in [0.5, 0.6) is 0 Å². The lowest BCUT2D eigenvalue weighted by Crippen LogP contribution is -2.48. The van der Waals surface area contributed by atoms with Crippen molar-refractivity contribution < 1.29 is 4.79 Å². The van der Waals surface area contributed by atoms with E-state index in [2.05, 4.69) is 11.0 Å². The smallest absolute Gasteiger partial charge is 0.264 e. The number of benzene rings is 1. The van der Waals surface area contributed by atoms with Crippen LogP contribution in [0.1, 0.15) is 14.5 Å². The van der Waals surface area contributed by atoms with Crippen LogP contribution in [0.3, 0.4) is 0 Å². The zero-order valence-corrected chi connectivity index (χ0v) is 12.9. The first-order valence-corrected chi connectivity index (χ1v) is 7.91. The second-order valence-electron chi connectivity index (χ2n) is 5.28. The molecule has 1 fully saturated rings. The maximum Gasteiger partial charge on any atom is 0.264 e. The molecule has 0 saturated carbocycles. The molecule has 1 aromatic carbocycles. The average molecular weight is 301 g/mol. The minimum absolute atomic E-state index is 0.153. The molecule has 5 heteroatoms. The fraction of sp³-hybridized carbons (Fsp3) is 0.312. The van der Waals surface area contributed by atoms with E-state index in [0.717, 1.165) is 42.4 Å². The van der Waals surface area contributed by atoms with Crippen molar-refractivity contribution in [3.8, 4) is 0 Å². The molecule has 0 spiro atoms. The van der Waals surface area contributed by atoms with Crippen molar-refractivity contribution in [3.63, 3.8) is 0 Å². The first-order valence-electron chi connectivity index (χ1n) is 7.10. The number of piperazine rings is 1. The number of nitrogens with zero attached hydrogens (tertiary/aromatic N) is 2. The summed E-state index contributed by atoms with van der Waals surface area (Å²) in [5.41, 5.74) is 7.74. The quantitative estimate of drug-likeness (QED) is 0.868. The molecule has 2 N–H and O–H groups in total. The number of nitrogen functional groups attached to an aromatic ring is 1. The maximum atomic E-state index is 12.4. The summed E-state index contributed by atoms with van der Waals surface area (Å²) in [5, 5.41) is 0. The Bertz CT molecular complexity index is 644. The van der Waals surface area contributed by atoms with Gasteiger partial charge in [0.15, 0.2) is 0 Å². The molecular weight excluding hydrogens is 282 g/mol. The average Bonchev–Trinajstić information content (AvgIpc) is 2.93. The maximum absolute atomic E-state index is 12.4. The number of rotatable bonds is 2. The molecule has 1 amide bonds. The number of carbonyl (C=O) groups excluding carboxylic acids is 1. The summed E-state index contributed by atoms with van der Waals surface area (Å²) in [5.74, 6) is 0.153. The molecular formula is C16H19N3OS. The van der Waals surface area contributed by atoms with Crippen molar-refractivity contribution in [2.24, 2.45) is 0 Å². The van der Waals surface area contributed by atoms with Gasteiger partial charge in [-0.25, -0.2) is 0 Å². The Morgan fingerprint density at radius 3 is 2.52 bits per heavy atom. The van der Waals surface area contributed by atoms with E-state index in [1.54, 1.807) is 11.3 Å². The van der Waals surface area contributed by atoms with E-state index in [4.69, 9.17) is 5.73 Å². The van der Waals surface area contributed by atoms with Crippen LogP contribution in [0.2, 0.25) is 0 Å². The van der Waals surface area contributed by atoms with Gasteiger partial charge in [-0.15, -0.1) is 11.3 Å². The lowest BCUT2D eigenvalue weighted by atomic mass is 10.2. The second kappa shape index (κ2) is 5.77. The summed E-state index contributed by atoms with van der Waals surface area (Å²) in [4.78, 5) is 18.6. The van der Waals surface area contributed by atoms with Gasteiger partial charge in [-0.1, -0.05) is 6.07 Å². The van der Waals surface area contributed by atoms with Crippen molar-refractivity contribution in [2.75, 3.05) is 36.8 Å². The Labute approximate surface area is 128 Å². The number of hydrogen-bond donors (Lipinski definition) is 1. The van der Waals surface area contributed by atoms with Crippen molar-refractivity contribution >= 4 is 28.6 Å². The molecule has 0 radical (unpaired) electrons. The Balaban J connectivity index is 1.64. The van der Waals surface area contributed by atoms with Crippen LogP contribution in [0.4, 0.5) is 11.4 Å². The molecule has 2 aromatic rings. The van der Waals surface area contributed by atoms with Crippen molar-refractivity contribution in [1.29, 1.82) is 0 Å². The van der Waals surface area contributed by atoms with Crippen LogP contribution in [0, 0.1) is 6.92 Å². The lowest BCUT2D eigenvalue weighted by Gasteiger charge is -2.36. The Morgan fingerprint density at radius 1 is 1.14 bits per heavy atom. The monoisotopic (exact) mass is 301 g/mol. The SMILES string of the molecule is Cc1ccc(C(=O)N2CCN(c3cccc(N)c3)CC2)s1. The van der Waals surface area contributed by atoms with Gasteiger partial charge in [0.2, 0.25) is 0 Å². The molecule has 4 nitrogen and oxygen atoms in total. The summed E-state index contributed by atoms with van der Waals surface area (Å²) in [6.07, 6.45) is 0. The van der Waals surface area contributed by atoms with Crippen LogP contribution < -0.4 is 10.6 Å². The van der Waals surface area contributed by atoms with Gasteiger partial charge >= 0.3 is 0 Å². The number of amides is 1. The van der Waals surface area contributed by atoms with Crippen molar-refractivity contribution in [2.45, 2.75) is 6.92 Å². The number of aryl methyl sites for hydroxylation is 1. The van der Waals surface area contributed by atoms with Crippen LogP contribution in [0.15, 0.2) is 36.4 Å². The highest BCUT2D eigenvalue weighted by Crippen LogP contribution is 2.21. The van der Waals surface area contributed by atoms with E-state index in [9.17, 15) is 4.79 Å². The molecule has 0 unspecified atom stereocenters. The standard InChI is InChI=1S/C16H19N3OS/c1-12-5-6-15(21-12)16(20)19-9-7-18(8-10-19)14-4-2-3-13(17)11-14/h2-6,11H,7-10,17H2,1H3. The van der Waals surface area contributed by atoms with E-state index >= 15 is 0 Å². The van der Waals surface area contributed by atoms with E-state index in [1.165, 1.54) is 4.88 Å². The minimum Gasteiger partial charge on any atom is -0.399 e. The van der Waals surface area contributed by atoms with Gasteiger partial charge in [0.05, 0.1) is 4.88 Å². The molecule has 0 bridgehead atoms. The van der Waals surface area contributed by atoms with Crippen LogP contribution in [-0.2, 0) is 0 Å². The van der Waals surface area contributed by atoms with E-state index in [1.807, 2.05) is 42.2 Å². The molecule has 1 aliphatic heterocycles. The topological polar surface area (TPSA) is 49.6 Å². The zero-order valence-electron chi connectivity index (χ0n) is 12.1. The molecule has 1 aliphatic rings. The van der Waals surface area contributed by atoms with Crippen molar-refractivity contribution in [3.05, 3.63) is 46.2 Å². The summed E-state index contributed by atoms with van der Waals surface area (Å²) in [6.45, 7) is 5.23. The molecule has 0 atom stereocenters. The first-order chi connectivity index (χ1) is 10.1. The summed E-state index contributed by atoms with van der Waals surface area (Å²) in [6, 6.07) is 11.8. The number of hydrogen-bond acceptors (Lipinski definition) is 4. The van der Waals surface area contributed by atoms with Gasteiger partial charge in [-0.3, -0.25) is 4.79 Å². The molecule has 1 aromatic heterocycles. The van der Waals surface area contributed by atoms with Gasteiger partial charge in [-0.05, 0) is 37.3 Å². The van der Waals surface area contributed by atoms with Gasteiger partial charge < -0.3 is 15.5 Å². The molecule has 2 heterocycles. The largest absolute Gasteiger partial charge is 0.399 e. The predicted octanol–water partition coefficient (Wildman–Crippen LogP) is 2.60. The highest BCUT2D eigenvalue weighted by molar-refractivity contribution is 7.13. The van der Waals surface area contributed by atoms with E-state index in [0.29, 0.717) is 0 Å². The van der Waals surface area contributed by atoms with Crippen LogP contribution >= 0.6 is 11.3 Å². The predicted molar refractivity (Wildman–Crippen MR) is 88.0 cm³/mol. The summed E-state index contributed by atoms with van der Waals surface area (Å²) in [7, 11) is 0. The van der Waals surface area contributed by atoms with Gasteiger partial charge in [0.1, 0.15) is 0 Å². The van der Waals surface area contributed by atoms with Crippen molar-refractivity contribution in [1.82, 2.24) is 4.90 Å². The summed E-state index contributed by atoms with van der Waals surface area (Å²) < 4.78 is 0. The summed E-state index contributed by atoms with van der Waals surface area (Å²) >= 11 is 1.57. The first kappa shape index (κ1) is 13.9. The third kappa shape index (κ3) is 3.03. The Morgan fingerprint density at radius 2 is 1.90 bits per heavy atom. The van der Waals surface area contributed by atoms with Crippen LogP contribution in [0.25, 0.3) is 0 Å². The number of nitrogens with two attached hydrogens (primary N) is 1. The highest BCUT2D eigenvalue weighted by Gasteiger charge is 2.23. The fourth-order valence-corrected chi connectivity index (χ4v) is 3.43. The number of anilines is 2. The third-order valence-corrected chi connectivity index (χ3v) is 4.74. The van der Waals surface area contributed by atoms with E-state index < -0.39 is 0 Å². The molecule has 21 heavy (non-hydrogen) atoms. The van der Waals surface area contributed by atoms with Gasteiger partial charge in [0.25, 0.3) is 5.91 Å². The molecule has 110 valence electrons. The number of thiophene rings is 1. The van der Waals surface area contributed by atoms with Gasteiger partial charge in [0, 0.05) is 42.4 Å². The van der Waals surface area contributed by atoms with Gasteiger partial charge in [-0.2, -0.15) is 0 Å². The minimum atomic E-state index is 0.153. The fourth-order valence-electron chi connectivity index (χ4n) is 2.59. The molecule has 3 rings (SSSR count). The normalized spacial score (nSPS) is 15.3. The van der Waals surface area contributed by atoms with Crippen LogP contribution in [-0.4, -0.2) is 37.0 Å².